The molecule has 3 nitrogen and oxygen atoms in total. The second kappa shape index (κ2) is 3.88. The Morgan fingerprint density at radius 1 is 1.16 bits per heavy atom. The van der Waals surface area contributed by atoms with Gasteiger partial charge >= 0.3 is 0 Å². The molecular weight excluding hydrogens is 324 g/mol. The van der Waals surface area contributed by atoms with E-state index in [0.717, 1.165) is 25.2 Å². The number of para-hydroxylation sites is 1. The Balaban J connectivity index is 2.33. The normalized spacial score (nSPS) is 11.6. The highest BCUT2D eigenvalue weighted by atomic mass is 79.9. The topological polar surface area (TPSA) is 34.4 Å². The maximum atomic E-state index is 12.6. The minimum atomic E-state index is -0.00540. The van der Waals surface area contributed by atoms with Crippen LogP contribution in [-0.4, -0.2) is 9.38 Å². The summed E-state index contributed by atoms with van der Waals surface area (Å²) in [5, 5.41) is 0.655. The zero-order chi connectivity index (χ0) is 13.0. The minimum Gasteiger partial charge on any atom is -0.268 e. The molecule has 0 aliphatic carbocycles. The summed E-state index contributed by atoms with van der Waals surface area (Å²) >= 11 is 4.98. The van der Waals surface area contributed by atoms with E-state index < -0.39 is 0 Å². The first-order valence-electron chi connectivity index (χ1n) is 5.73. The predicted octanol–water partition coefficient (Wildman–Crippen LogP) is 3.82. The van der Waals surface area contributed by atoms with Crippen LogP contribution >= 0.6 is 27.3 Å². The van der Waals surface area contributed by atoms with E-state index in [4.69, 9.17) is 0 Å². The van der Waals surface area contributed by atoms with Crippen molar-refractivity contribution in [2.75, 3.05) is 0 Å². The first kappa shape index (κ1) is 11.1. The first-order chi connectivity index (χ1) is 9.24. The molecular formula is C14H7BrN2OS. The predicted molar refractivity (Wildman–Crippen MR) is 82.1 cm³/mol. The van der Waals surface area contributed by atoms with E-state index in [0.29, 0.717) is 5.39 Å². The summed E-state index contributed by atoms with van der Waals surface area (Å²) in [6.07, 6.45) is 0. The number of hydrogen-bond donors (Lipinski definition) is 0. The zero-order valence-corrected chi connectivity index (χ0v) is 12.0. The molecule has 2 aromatic carbocycles. The van der Waals surface area contributed by atoms with Gasteiger partial charge in [0.1, 0.15) is 0 Å². The van der Waals surface area contributed by atoms with Crippen LogP contribution < -0.4 is 5.56 Å². The average molecular weight is 331 g/mol. The molecule has 19 heavy (non-hydrogen) atoms. The molecule has 0 atom stereocenters. The molecule has 0 unspecified atom stereocenters. The van der Waals surface area contributed by atoms with Gasteiger partial charge in [-0.05, 0) is 30.3 Å². The van der Waals surface area contributed by atoms with Gasteiger partial charge in [-0.1, -0.05) is 39.4 Å². The van der Waals surface area contributed by atoms with Crippen LogP contribution in [0.25, 0.3) is 26.1 Å². The van der Waals surface area contributed by atoms with Crippen molar-refractivity contribution < 1.29 is 0 Å². The van der Waals surface area contributed by atoms with E-state index >= 15 is 0 Å². The molecule has 0 bridgehead atoms. The van der Waals surface area contributed by atoms with Crippen molar-refractivity contribution in [2.45, 2.75) is 0 Å². The fourth-order valence-electron chi connectivity index (χ4n) is 2.25. The van der Waals surface area contributed by atoms with Crippen molar-refractivity contribution >= 4 is 53.3 Å². The lowest BCUT2D eigenvalue weighted by Gasteiger charge is -1.98. The average Bonchev–Trinajstić information content (AvgIpc) is 2.76. The fraction of sp³-hybridized carbons (Fsp3) is 0. The summed E-state index contributed by atoms with van der Waals surface area (Å²) in [6.45, 7) is 0. The van der Waals surface area contributed by atoms with Gasteiger partial charge in [0.15, 0.2) is 4.96 Å². The second-order valence-electron chi connectivity index (χ2n) is 4.27. The van der Waals surface area contributed by atoms with Gasteiger partial charge in [-0.2, -0.15) is 0 Å². The number of hydrogen-bond acceptors (Lipinski definition) is 3. The number of thiazole rings is 1. The molecule has 0 amide bonds. The molecule has 92 valence electrons. The van der Waals surface area contributed by atoms with E-state index in [1.54, 1.807) is 4.40 Å². The largest absolute Gasteiger partial charge is 0.268 e. The van der Waals surface area contributed by atoms with Gasteiger partial charge in [0.2, 0.25) is 0 Å². The second-order valence-corrected chi connectivity index (χ2v) is 6.19. The maximum absolute atomic E-state index is 12.6. The Labute approximate surface area is 120 Å². The van der Waals surface area contributed by atoms with E-state index in [1.165, 1.54) is 11.3 Å². The molecule has 4 rings (SSSR count). The molecule has 0 aliphatic rings. The van der Waals surface area contributed by atoms with Crippen molar-refractivity contribution in [1.82, 2.24) is 9.38 Å². The number of rotatable bonds is 0. The smallest absolute Gasteiger partial charge is 0.266 e. The summed E-state index contributed by atoms with van der Waals surface area (Å²) in [7, 11) is 0. The van der Waals surface area contributed by atoms with Crippen LogP contribution in [0.2, 0.25) is 0 Å². The number of aromatic nitrogens is 2. The lowest BCUT2D eigenvalue weighted by atomic mass is 10.2. The highest BCUT2D eigenvalue weighted by Gasteiger charge is 2.11. The third-order valence-electron chi connectivity index (χ3n) is 3.11. The van der Waals surface area contributed by atoms with Gasteiger partial charge < -0.3 is 0 Å². The molecule has 0 spiro atoms. The van der Waals surface area contributed by atoms with Crippen molar-refractivity contribution in [1.29, 1.82) is 0 Å². The van der Waals surface area contributed by atoms with Crippen molar-refractivity contribution in [3.8, 4) is 0 Å². The van der Waals surface area contributed by atoms with Crippen LogP contribution in [0.3, 0.4) is 0 Å². The summed E-state index contributed by atoms with van der Waals surface area (Å²) in [5.41, 5.74) is 1.65. The van der Waals surface area contributed by atoms with Gasteiger partial charge in [0.05, 0.1) is 21.1 Å². The lowest BCUT2D eigenvalue weighted by Crippen LogP contribution is -2.13. The molecule has 4 aromatic rings. The molecule has 0 aliphatic heterocycles. The van der Waals surface area contributed by atoms with Gasteiger partial charge in [-0.15, -0.1) is 0 Å². The summed E-state index contributed by atoms with van der Waals surface area (Å²) < 4.78 is 3.74. The van der Waals surface area contributed by atoms with Crippen LogP contribution in [0.4, 0.5) is 0 Å². The van der Waals surface area contributed by atoms with Crippen LogP contribution in [0.15, 0.2) is 51.7 Å². The van der Waals surface area contributed by atoms with Gasteiger partial charge in [-0.25, -0.2) is 4.98 Å². The van der Waals surface area contributed by atoms with Crippen LogP contribution in [0.5, 0.6) is 0 Å². The van der Waals surface area contributed by atoms with Crippen molar-refractivity contribution in [2.24, 2.45) is 0 Å². The minimum absolute atomic E-state index is 0.00540. The van der Waals surface area contributed by atoms with Gasteiger partial charge in [0, 0.05) is 4.47 Å². The number of benzene rings is 2. The number of halogens is 1. The summed E-state index contributed by atoms with van der Waals surface area (Å²) in [4.78, 5) is 17.9. The quantitative estimate of drug-likeness (QED) is 0.491. The molecule has 0 radical (unpaired) electrons. The van der Waals surface area contributed by atoms with Crippen LogP contribution in [0, 0.1) is 0 Å². The number of nitrogens with zero attached hydrogens (tertiary/aromatic N) is 2. The highest BCUT2D eigenvalue weighted by molar-refractivity contribution is 9.10. The number of fused-ring (bicyclic) bond motifs is 4. The Hall–Kier alpha value is -1.72. The van der Waals surface area contributed by atoms with E-state index in [2.05, 4.69) is 20.9 Å². The third-order valence-corrected chi connectivity index (χ3v) is 4.61. The summed E-state index contributed by atoms with van der Waals surface area (Å²) in [5.74, 6) is 0. The van der Waals surface area contributed by atoms with Crippen LogP contribution in [0.1, 0.15) is 0 Å². The Bertz CT molecular complexity index is 1000. The molecule has 2 heterocycles. The van der Waals surface area contributed by atoms with Crippen LogP contribution in [-0.2, 0) is 0 Å². The Kier molecular flexibility index (Phi) is 2.28. The molecule has 2 aromatic heterocycles. The van der Waals surface area contributed by atoms with Crippen molar-refractivity contribution in [3.05, 3.63) is 57.3 Å². The van der Waals surface area contributed by atoms with E-state index in [1.807, 2.05) is 42.5 Å². The van der Waals surface area contributed by atoms with Gasteiger partial charge in [-0.3, -0.25) is 9.20 Å². The maximum Gasteiger partial charge on any atom is 0.266 e. The fourth-order valence-corrected chi connectivity index (χ4v) is 3.82. The van der Waals surface area contributed by atoms with E-state index in [9.17, 15) is 4.79 Å². The lowest BCUT2D eigenvalue weighted by molar-refractivity contribution is 1.16. The monoisotopic (exact) mass is 330 g/mol. The highest BCUT2D eigenvalue weighted by Crippen LogP contribution is 2.27. The van der Waals surface area contributed by atoms with Gasteiger partial charge in [0.25, 0.3) is 5.56 Å². The molecule has 0 saturated carbocycles. The van der Waals surface area contributed by atoms with Crippen molar-refractivity contribution in [3.63, 3.8) is 0 Å². The molecule has 0 saturated heterocycles. The third kappa shape index (κ3) is 1.55. The zero-order valence-electron chi connectivity index (χ0n) is 9.63. The molecule has 5 heteroatoms. The standard InChI is InChI=1S/C14H7BrN2OS/c15-8-5-6-11-12(7-8)19-14-16-10-4-2-1-3-9(10)13(18)17(11)14/h1-7H. The Morgan fingerprint density at radius 2 is 2.00 bits per heavy atom. The molecule has 0 fully saturated rings. The summed E-state index contributed by atoms with van der Waals surface area (Å²) in [6, 6.07) is 13.4. The first-order valence-corrected chi connectivity index (χ1v) is 7.34. The molecule has 0 N–H and O–H groups in total. The van der Waals surface area contributed by atoms with E-state index in [-0.39, 0.29) is 5.56 Å². The Morgan fingerprint density at radius 3 is 2.89 bits per heavy atom. The SMILES string of the molecule is O=c1c2ccccc2nc2sc3cc(Br)ccc3n12.